The van der Waals surface area contributed by atoms with E-state index < -0.39 is 67.3 Å². The van der Waals surface area contributed by atoms with E-state index in [0.717, 1.165) is 57.8 Å². The number of hydrogen-bond acceptors (Lipinski definition) is 11. The second-order valence-corrected chi connectivity index (χ2v) is 23.8. The van der Waals surface area contributed by atoms with E-state index in [-0.39, 0.29) is 25.9 Å². The largest absolute Gasteiger partial charge is 0.479 e. The van der Waals surface area contributed by atoms with Crippen molar-refractivity contribution in [2.24, 2.45) is 0 Å². The molecule has 0 aliphatic carbocycles. The van der Waals surface area contributed by atoms with Gasteiger partial charge in [-0.25, -0.2) is 4.79 Å². The van der Waals surface area contributed by atoms with Crippen LogP contribution in [-0.2, 0) is 42.9 Å². The summed E-state index contributed by atoms with van der Waals surface area (Å²) in [6.45, 7) is 6.08. The Morgan fingerprint density at radius 2 is 0.646 bits per heavy atom. The zero-order valence-corrected chi connectivity index (χ0v) is 51.7. The molecule has 3 N–H and O–H groups in total. The number of unbranched alkanes of at least 4 members (excludes halogenated alkanes) is 46. The molecule has 6 unspecified atom stereocenters. The lowest BCUT2D eigenvalue weighted by Crippen LogP contribution is -2.61. The first-order valence-corrected chi connectivity index (χ1v) is 34.0. The summed E-state index contributed by atoms with van der Waals surface area (Å²) in [6, 6.07) is 0. The van der Waals surface area contributed by atoms with Gasteiger partial charge in [-0.05, 0) is 19.3 Å². The van der Waals surface area contributed by atoms with Gasteiger partial charge < -0.3 is 39.0 Å². The number of aliphatic hydroxyl groups is 2. The maximum atomic E-state index is 13.2. The molecule has 0 aromatic heterocycles. The zero-order chi connectivity index (χ0) is 57.5. The molecular weight excluding hydrogens is 997 g/mol. The molecule has 0 spiro atoms. The summed E-state index contributed by atoms with van der Waals surface area (Å²) in [6.07, 6.45) is 50.6. The van der Waals surface area contributed by atoms with Gasteiger partial charge in [0.15, 0.2) is 24.6 Å². The topological polar surface area (TPSA) is 175 Å². The summed E-state index contributed by atoms with van der Waals surface area (Å²) >= 11 is 0. The minimum Gasteiger partial charge on any atom is -0.479 e. The first-order chi connectivity index (χ1) is 38.6. The molecule has 1 aliphatic rings. The Balaban J connectivity index is 2.59. The summed E-state index contributed by atoms with van der Waals surface area (Å²) < 4.78 is 28.6. The van der Waals surface area contributed by atoms with Crippen LogP contribution in [0.3, 0.4) is 0 Å². The van der Waals surface area contributed by atoms with Gasteiger partial charge >= 0.3 is 23.9 Å². The zero-order valence-electron chi connectivity index (χ0n) is 51.7. The van der Waals surface area contributed by atoms with Crippen molar-refractivity contribution in [3.05, 3.63) is 0 Å². The van der Waals surface area contributed by atoms with Crippen LogP contribution in [0.5, 0.6) is 0 Å². The van der Waals surface area contributed by atoms with Crippen LogP contribution in [0.25, 0.3) is 0 Å². The maximum Gasteiger partial charge on any atom is 0.335 e. The van der Waals surface area contributed by atoms with Gasteiger partial charge in [-0.3, -0.25) is 14.4 Å². The molecule has 1 fully saturated rings. The van der Waals surface area contributed by atoms with Crippen LogP contribution in [0.1, 0.15) is 355 Å². The second-order valence-electron chi connectivity index (χ2n) is 23.8. The van der Waals surface area contributed by atoms with E-state index in [1.54, 1.807) is 0 Å². The first kappa shape index (κ1) is 74.7. The van der Waals surface area contributed by atoms with Crippen molar-refractivity contribution in [2.45, 2.75) is 391 Å². The standard InChI is InChI=1S/C67H126O12/c1-4-7-10-13-16-19-22-25-27-29-30-32-34-37-40-43-46-49-52-55-61(70)78-65-63(72)62(71)64(66(73)74)79-67(65)76-57-58(77-60(69)54-51-48-45-42-39-35-24-21-18-15-12-9-6-3)56-75-59(68)53-50-47-44-41-38-36-33-31-28-26-23-20-17-14-11-8-5-2/h58,62-65,67,71-72H,4-57H2,1-3H3,(H,73,74). The molecule has 0 radical (unpaired) electrons. The van der Waals surface area contributed by atoms with Crippen molar-refractivity contribution in [2.75, 3.05) is 13.2 Å². The predicted octanol–water partition coefficient (Wildman–Crippen LogP) is 18.2. The Kier molecular flexibility index (Phi) is 53.2. The molecular formula is C67H126O12. The van der Waals surface area contributed by atoms with E-state index in [0.29, 0.717) is 19.3 Å². The molecule has 1 saturated heterocycles. The van der Waals surface area contributed by atoms with Crippen molar-refractivity contribution in [1.82, 2.24) is 0 Å². The number of rotatable bonds is 60. The number of hydrogen-bond donors (Lipinski definition) is 3. The smallest absolute Gasteiger partial charge is 0.335 e. The quantitative estimate of drug-likeness (QED) is 0.0299. The number of ether oxygens (including phenoxy) is 5. The van der Waals surface area contributed by atoms with E-state index >= 15 is 0 Å². The number of aliphatic hydroxyl groups excluding tert-OH is 2. The van der Waals surface area contributed by atoms with Gasteiger partial charge in [-0.15, -0.1) is 0 Å². The third-order valence-corrected chi connectivity index (χ3v) is 16.2. The summed E-state index contributed by atoms with van der Waals surface area (Å²) in [5.74, 6) is -3.06. The maximum absolute atomic E-state index is 13.2. The summed E-state index contributed by atoms with van der Waals surface area (Å²) in [4.78, 5) is 51.3. The third kappa shape index (κ3) is 45.9. The third-order valence-electron chi connectivity index (χ3n) is 16.2. The summed E-state index contributed by atoms with van der Waals surface area (Å²) in [5.41, 5.74) is 0. The minimum absolute atomic E-state index is 0.0715. The van der Waals surface area contributed by atoms with E-state index in [1.807, 2.05) is 0 Å². The molecule has 0 aromatic carbocycles. The minimum atomic E-state index is -1.89. The monoisotopic (exact) mass is 1120 g/mol. The number of carbonyl (C=O) groups is 4. The van der Waals surface area contributed by atoms with Crippen LogP contribution in [0.15, 0.2) is 0 Å². The van der Waals surface area contributed by atoms with Gasteiger partial charge in [0.25, 0.3) is 0 Å². The predicted molar refractivity (Wildman–Crippen MR) is 322 cm³/mol. The highest BCUT2D eigenvalue weighted by atomic mass is 16.7. The van der Waals surface area contributed by atoms with Gasteiger partial charge in [0.2, 0.25) is 0 Å². The van der Waals surface area contributed by atoms with E-state index in [2.05, 4.69) is 20.8 Å². The van der Waals surface area contributed by atoms with Gasteiger partial charge in [-0.2, -0.15) is 0 Å². The molecule has 1 rings (SSSR count). The average Bonchev–Trinajstić information content (AvgIpc) is 3.46. The lowest BCUT2D eigenvalue weighted by Gasteiger charge is -2.40. The Morgan fingerprint density at radius 3 is 0.949 bits per heavy atom. The van der Waals surface area contributed by atoms with Crippen molar-refractivity contribution < 1.29 is 58.2 Å². The Labute approximate surface area is 484 Å². The molecule has 79 heavy (non-hydrogen) atoms. The van der Waals surface area contributed by atoms with Crippen LogP contribution in [0.4, 0.5) is 0 Å². The number of carboxylic acid groups (broad SMARTS) is 1. The van der Waals surface area contributed by atoms with E-state index in [9.17, 15) is 34.5 Å². The molecule has 0 amide bonds. The average molecular weight is 1120 g/mol. The number of carboxylic acids is 1. The fourth-order valence-corrected chi connectivity index (χ4v) is 11.0. The van der Waals surface area contributed by atoms with Gasteiger partial charge in [0.1, 0.15) is 18.8 Å². The highest BCUT2D eigenvalue weighted by Crippen LogP contribution is 2.27. The molecule has 0 saturated carbocycles. The number of carbonyl (C=O) groups excluding carboxylic acids is 3. The fourth-order valence-electron chi connectivity index (χ4n) is 11.0. The Morgan fingerprint density at radius 1 is 0.367 bits per heavy atom. The molecule has 12 heteroatoms. The first-order valence-electron chi connectivity index (χ1n) is 34.0. The van der Waals surface area contributed by atoms with Crippen molar-refractivity contribution >= 4 is 23.9 Å². The van der Waals surface area contributed by atoms with Crippen molar-refractivity contribution in [3.63, 3.8) is 0 Å². The summed E-state index contributed by atoms with van der Waals surface area (Å²) in [5, 5.41) is 31.6. The van der Waals surface area contributed by atoms with Gasteiger partial charge in [0, 0.05) is 19.3 Å². The highest BCUT2D eigenvalue weighted by Gasteiger charge is 2.50. The van der Waals surface area contributed by atoms with E-state index in [1.165, 1.54) is 238 Å². The van der Waals surface area contributed by atoms with Gasteiger partial charge in [0.05, 0.1) is 6.61 Å². The molecule has 12 nitrogen and oxygen atoms in total. The molecule has 6 atom stereocenters. The Bertz CT molecular complexity index is 1380. The Hall–Kier alpha value is -2.28. The van der Waals surface area contributed by atoms with Crippen LogP contribution in [0, 0.1) is 0 Å². The van der Waals surface area contributed by atoms with E-state index in [4.69, 9.17) is 23.7 Å². The van der Waals surface area contributed by atoms with Crippen LogP contribution < -0.4 is 0 Å². The molecule has 466 valence electrons. The number of aliphatic carboxylic acids is 1. The molecule has 1 heterocycles. The van der Waals surface area contributed by atoms with Crippen molar-refractivity contribution in [1.29, 1.82) is 0 Å². The molecule has 0 bridgehead atoms. The lowest BCUT2D eigenvalue weighted by atomic mass is 9.98. The van der Waals surface area contributed by atoms with Crippen LogP contribution in [0.2, 0.25) is 0 Å². The van der Waals surface area contributed by atoms with Gasteiger partial charge in [-0.1, -0.05) is 316 Å². The SMILES string of the molecule is CCCCCCCCCCCCCCCCCCCCCC(=O)OC1C(OCC(COC(=O)CCCCCCCCCCCCCCCCCCC)OC(=O)CCCCCCCCCCCCCCC)OC(C(=O)O)C(O)C1O. The molecule has 0 aromatic rings. The highest BCUT2D eigenvalue weighted by molar-refractivity contribution is 5.74. The van der Waals surface area contributed by atoms with Crippen LogP contribution in [-0.4, -0.2) is 89.2 Å². The van der Waals surface area contributed by atoms with Crippen LogP contribution >= 0.6 is 0 Å². The lowest BCUT2D eigenvalue weighted by molar-refractivity contribution is -0.301. The fraction of sp³-hybridized carbons (Fsp3) is 0.940. The second kappa shape index (κ2) is 56.2. The molecule has 1 aliphatic heterocycles. The summed E-state index contributed by atoms with van der Waals surface area (Å²) in [7, 11) is 0. The van der Waals surface area contributed by atoms with Crippen molar-refractivity contribution in [3.8, 4) is 0 Å². The number of esters is 3. The normalized spacial score (nSPS) is 17.7.